The zero-order valence-corrected chi connectivity index (χ0v) is 14.3. The largest absolute Gasteiger partial charge is 0.375 e. The number of hydrogen-bond donors (Lipinski definition) is 2. The summed E-state index contributed by atoms with van der Waals surface area (Å²) < 4.78 is 0. The molecule has 1 aliphatic heterocycles. The van der Waals surface area contributed by atoms with E-state index in [1.165, 1.54) is 11.9 Å². The SMILES string of the molecule is CN1C(=O)c2ccccc2[C@](O)(c2ccccc2)[C@@]1(O)c1ccccc1. The van der Waals surface area contributed by atoms with Gasteiger partial charge in [0.25, 0.3) is 5.91 Å². The third-order valence-electron chi connectivity index (χ3n) is 5.21. The molecule has 3 aromatic carbocycles. The van der Waals surface area contributed by atoms with Crippen molar-refractivity contribution in [2.45, 2.75) is 11.3 Å². The molecule has 0 unspecified atom stereocenters. The number of likely N-dealkylation sites (N-methyl/N-ethyl adjacent to an activating group) is 1. The molecule has 4 heteroatoms. The first kappa shape index (κ1) is 16.5. The van der Waals surface area contributed by atoms with E-state index in [-0.39, 0.29) is 5.91 Å². The van der Waals surface area contributed by atoms with Gasteiger partial charge in [-0.1, -0.05) is 78.9 Å². The summed E-state index contributed by atoms with van der Waals surface area (Å²) in [6, 6.07) is 24.7. The fourth-order valence-electron chi connectivity index (χ4n) is 3.85. The molecule has 2 N–H and O–H groups in total. The summed E-state index contributed by atoms with van der Waals surface area (Å²) in [5.41, 5.74) is -2.06. The van der Waals surface area contributed by atoms with Gasteiger partial charge in [0.15, 0.2) is 5.60 Å². The van der Waals surface area contributed by atoms with Crippen LogP contribution in [0.1, 0.15) is 27.0 Å². The third kappa shape index (κ3) is 2.00. The Labute approximate surface area is 152 Å². The molecule has 0 aliphatic carbocycles. The van der Waals surface area contributed by atoms with Crippen LogP contribution in [0.25, 0.3) is 0 Å². The Morgan fingerprint density at radius 1 is 0.731 bits per heavy atom. The number of carbonyl (C=O) groups is 1. The molecule has 0 fully saturated rings. The first-order valence-corrected chi connectivity index (χ1v) is 8.44. The average molecular weight is 345 g/mol. The summed E-state index contributed by atoms with van der Waals surface area (Å²) in [7, 11) is 1.51. The number of fused-ring (bicyclic) bond motifs is 1. The zero-order valence-electron chi connectivity index (χ0n) is 14.3. The Bertz CT molecular complexity index is 957. The van der Waals surface area contributed by atoms with Gasteiger partial charge in [0, 0.05) is 23.7 Å². The summed E-state index contributed by atoms with van der Waals surface area (Å²) in [5.74, 6) is -0.340. The first-order valence-electron chi connectivity index (χ1n) is 8.44. The minimum atomic E-state index is -1.96. The molecule has 1 amide bonds. The maximum absolute atomic E-state index is 13.0. The standard InChI is InChI=1S/C22H19NO3/c1-23-20(24)18-14-8-9-15-19(18)21(25,16-10-4-2-5-11-16)22(23,26)17-12-6-3-7-13-17/h2-15,25-26H,1H3/t21-,22+/m1/s1. The van der Waals surface area contributed by atoms with Crippen molar-refractivity contribution in [3.8, 4) is 0 Å². The number of amides is 1. The van der Waals surface area contributed by atoms with Gasteiger partial charge in [0.1, 0.15) is 0 Å². The van der Waals surface area contributed by atoms with Gasteiger partial charge in [0.2, 0.25) is 5.72 Å². The van der Waals surface area contributed by atoms with Crippen LogP contribution in [0.4, 0.5) is 0 Å². The van der Waals surface area contributed by atoms with Crippen molar-refractivity contribution in [1.82, 2.24) is 4.90 Å². The number of hydrogen-bond acceptors (Lipinski definition) is 3. The van der Waals surface area contributed by atoms with E-state index in [0.717, 1.165) is 0 Å². The molecule has 3 aromatic rings. The van der Waals surface area contributed by atoms with E-state index >= 15 is 0 Å². The van der Waals surface area contributed by atoms with Gasteiger partial charge >= 0.3 is 0 Å². The van der Waals surface area contributed by atoms with Crippen LogP contribution in [0.15, 0.2) is 84.9 Å². The van der Waals surface area contributed by atoms with Crippen molar-refractivity contribution in [3.05, 3.63) is 107 Å². The predicted octanol–water partition coefficient (Wildman–Crippen LogP) is 2.85. The highest BCUT2D eigenvalue weighted by Crippen LogP contribution is 2.51. The first-order chi connectivity index (χ1) is 12.5. The molecule has 2 atom stereocenters. The van der Waals surface area contributed by atoms with Gasteiger partial charge < -0.3 is 15.1 Å². The Morgan fingerprint density at radius 2 is 1.23 bits per heavy atom. The van der Waals surface area contributed by atoms with Crippen LogP contribution in [0.3, 0.4) is 0 Å². The number of nitrogens with zero attached hydrogens (tertiary/aromatic N) is 1. The van der Waals surface area contributed by atoms with Crippen molar-refractivity contribution in [2.24, 2.45) is 0 Å². The minimum absolute atomic E-state index is 0.340. The normalized spacial score (nSPS) is 25.0. The van der Waals surface area contributed by atoms with Gasteiger partial charge in [-0.15, -0.1) is 0 Å². The van der Waals surface area contributed by atoms with E-state index in [0.29, 0.717) is 22.3 Å². The van der Waals surface area contributed by atoms with Crippen molar-refractivity contribution < 1.29 is 15.0 Å². The highest BCUT2D eigenvalue weighted by molar-refractivity contribution is 5.98. The van der Waals surface area contributed by atoms with Crippen molar-refractivity contribution in [3.63, 3.8) is 0 Å². The molecule has 0 spiro atoms. The lowest BCUT2D eigenvalue weighted by molar-refractivity contribution is -0.213. The summed E-state index contributed by atoms with van der Waals surface area (Å²) in [5, 5.41) is 23.9. The lowest BCUT2D eigenvalue weighted by Gasteiger charge is -2.52. The molecule has 4 nitrogen and oxygen atoms in total. The summed E-state index contributed by atoms with van der Waals surface area (Å²) >= 11 is 0. The minimum Gasteiger partial charge on any atom is -0.375 e. The topological polar surface area (TPSA) is 60.8 Å². The van der Waals surface area contributed by atoms with Crippen LogP contribution in [-0.4, -0.2) is 28.1 Å². The monoisotopic (exact) mass is 345 g/mol. The number of carbonyl (C=O) groups excluding carboxylic acids is 1. The Kier molecular flexibility index (Phi) is 3.68. The molecule has 0 aromatic heterocycles. The second-order valence-electron chi connectivity index (χ2n) is 6.52. The molecule has 1 aliphatic rings. The van der Waals surface area contributed by atoms with Gasteiger partial charge in [0.05, 0.1) is 0 Å². The Hall–Kier alpha value is -2.95. The lowest BCUT2D eigenvalue weighted by atomic mass is 9.69. The maximum Gasteiger partial charge on any atom is 0.256 e. The van der Waals surface area contributed by atoms with E-state index in [4.69, 9.17) is 0 Å². The molecule has 1 heterocycles. The summed E-state index contributed by atoms with van der Waals surface area (Å²) in [6.07, 6.45) is 0. The van der Waals surface area contributed by atoms with Crippen LogP contribution >= 0.6 is 0 Å². The maximum atomic E-state index is 13.0. The van der Waals surface area contributed by atoms with Gasteiger partial charge in [-0.05, 0) is 11.6 Å². The van der Waals surface area contributed by atoms with Gasteiger partial charge in [-0.3, -0.25) is 4.79 Å². The molecular formula is C22H19NO3. The van der Waals surface area contributed by atoms with E-state index in [1.54, 1.807) is 72.8 Å². The number of aliphatic hydroxyl groups is 2. The highest BCUT2D eigenvalue weighted by Gasteiger charge is 2.61. The molecule has 26 heavy (non-hydrogen) atoms. The van der Waals surface area contributed by atoms with E-state index in [2.05, 4.69) is 0 Å². The average Bonchev–Trinajstić information content (AvgIpc) is 2.72. The summed E-state index contributed by atoms with van der Waals surface area (Å²) in [6.45, 7) is 0. The Balaban J connectivity index is 2.11. The van der Waals surface area contributed by atoms with E-state index in [9.17, 15) is 15.0 Å². The second kappa shape index (κ2) is 5.80. The Morgan fingerprint density at radius 3 is 1.85 bits per heavy atom. The predicted molar refractivity (Wildman–Crippen MR) is 98.3 cm³/mol. The second-order valence-corrected chi connectivity index (χ2v) is 6.52. The number of benzene rings is 3. The summed E-state index contributed by atoms with van der Waals surface area (Å²) in [4.78, 5) is 14.2. The molecule has 0 saturated heterocycles. The fourth-order valence-corrected chi connectivity index (χ4v) is 3.85. The number of rotatable bonds is 2. The van der Waals surface area contributed by atoms with Crippen LogP contribution in [0.5, 0.6) is 0 Å². The smallest absolute Gasteiger partial charge is 0.256 e. The van der Waals surface area contributed by atoms with Crippen molar-refractivity contribution in [1.29, 1.82) is 0 Å². The van der Waals surface area contributed by atoms with Crippen LogP contribution in [0, 0.1) is 0 Å². The van der Waals surface area contributed by atoms with Crippen LogP contribution in [-0.2, 0) is 11.3 Å². The molecule has 0 radical (unpaired) electrons. The molecule has 0 saturated carbocycles. The molecule has 130 valence electrons. The molecular weight excluding hydrogens is 326 g/mol. The van der Waals surface area contributed by atoms with Gasteiger partial charge in [-0.2, -0.15) is 0 Å². The molecule has 4 rings (SSSR count). The zero-order chi connectivity index (χ0) is 18.4. The van der Waals surface area contributed by atoms with E-state index in [1.807, 2.05) is 12.1 Å². The van der Waals surface area contributed by atoms with Gasteiger partial charge in [-0.25, -0.2) is 0 Å². The van der Waals surface area contributed by atoms with Crippen molar-refractivity contribution in [2.75, 3.05) is 7.05 Å². The van der Waals surface area contributed by atoms with Crippen molar-refractivity contribution >= 4 is 5.91 Å². The highest BCUT2D eigenvalue weighted by atomic mass is 16.4. The fraction of sp³-hybridized carbons (Fsp3) is 0.136. The lowest BCUT2D eigenvalue weighted by Crippen LogP contribution is -2.64. The van der Waals surface area contributed by atoms with Crippen LogP contribution in [0.2, 0.25) is 0 Å². The van der Waals surface area contributed by atoms with E-state index < -0.39 is 11.3 Å². The quantitative estimate of drug-likeness (QED) is 0.751. The third-order valence-corrected chi connectivity index (χ3v) is 5.21. The molecule has 0 bridgehead atoms. The van der Waals surface area contributed by atoms with Crippen LogP contribution < -0.4 is 0 Å².